The zero-order valence-electron chi connectivity index (χ0n) is 10.1. The number of carboxylic acid groups (broad SMARTS) is 1. The van der Waals surface area contributed by atoms with E-state index in [0.717, 1.165) is 25.8 Å². The van der Waals surface area contributed by atoms with Gasteiger partial charge in [0.25, 0.3) is 0 Å². The highest BCUT2D eigenvalue weighted by molar-refractivity contribution is 5.69. The zero-order chi connectivity index (χ0) is 12.4. The standard InChI is InChI=1S/C13H23NO2/c1-4-6-12(7-5-2)8-9-14-10-11(3)13(15)16/h4-5,11-12,14H,1-2,6-10H2,3H3,(H,15,16). The van der Waals surface area contributed by atoms with Crippen LogP contribution < -0.4 is 5.32 Å². The third-order valence-corrected chi connectivity index (χ3v) is 2.60. The molecule has 0 saturated carbocycles. The maximum atomic E-state index is 10.6. The fourth-order valence-corrected chi connectivity index (χ4v) is 1.52. The van der Waals surface area contributed by atoms with Gasteiger partial charge in [-0.05, 0) is 31.7 Å². The molecule has 0 aliphatic carbocycles. The van der Waals surface area contributed by atoms with Crippen LogP contribution in [0.2, 0.25) is 0 Å². The summed E-state index contributed by atoms with van der Waals surface area (Å²) in [5.41, 5.74) is 0. The van der Waals surface area contributed by atoms with Gasteiger partial charge in [0, 0.05) is 6.54 Å². The fraction of sp³-hybridized carbons (Fsp3) is 0.615. The van der Waals surface area contributed by atoms with Gasteiger partial charge >= 0.3 is 5.97 Å². The summed E-state index contributed by atoms with van der Waals surface area (Å²) in [6, 6.07) is 0. The Bertz CT molecular complexity index is 216. The molecule has 2 N–H and O–H groups in total. The van der Waals surface area contributed by atoms with Gasteiger partial charge in [-0.25, -0.2) is 0 Å². The maximum absolute atomic E-state index is 10.6. The van der Waals surface area contributed by atoms with E-state index < -0.39 is 5.97 Å². The van der Waals surface area contributed by atoms with Crippen LogP contribution >= 0.6 is 0 Å². The van der Waals surface area contributed by atoms with Gasteiger partial charge in [0.2, 0.25) is 0 Å². The van der Waals surface area contributed by atoms with E-state index in [2.05, 4.69) is 18.5 Å². The van der Waals surface area contributed by atoms with Crippen molar-refractivity contribution in [3.8, 4) is 0 Å². The molecule has 0 fully saturated rings. The minimum Gasteiger partial charge on any atom is -0.481 e. The summed E-state index contributed by atoms with van der Waals surface area (Å²) in [4.78, 5) is 10.6. The van der Waals surface area contributed by atoms with Crippen LogP contribution in [0, 0.1) is 11.8 Å². The molecule has 1 unspecified atom stereocenters. The Balaban J connectivity index is 3.64. The van der Waals surface area contributed by atoms with E-state index in [-0.39, 0.29) is 5.92 Å². The first-order valence-corrected chi connectivity index (χ1v) is 5.77. The molecule has 0 aromatic carbocycles. The summed E-state index contributed by atoms with van der Waals surface area (Å²) in [5.74, 6) is -0.499. The minimum atomic E-state index is -0.749. The molecule has 0 aliphatic rings. The molecule has 0 rings (SSSR count). The molecule has 3 nitrogen and oxygen atoms in total. The molecule has 0 bridgehead atoms. The number of allylic oxidation sites excluding steroid dienone is 2. The third kappa shape index (κ3) is 7.23. The molecule has 0 saturated heterocycles. The number of rotatable bonds is 10. The Hall–Kier alpha value is -1.09. The fourth-order valence-electron chi connectivity index (χ4n) is 1.52. The highest BCUT2D eigenvalue weighted by Gasteiger charge is 2.10. The van der Waals surface area contributed by atoms with Crippen molar-refractivity contribution in [1.29, 1.82) is 0 Å². The van der Waals surface area contributed by atoms with Crippen LogP contribution in [0.5, 0.6) is 0 Å². The van der Waals surface area contributed by atoms with Crippen LogP contribution in [0.15, 0.2) is 25.3 Å². The van der Waals surface area contributed by atoms with Gasteiger partial charge in [0.1, 0.15) is 0 Å². The average Bonchev–Trinajstić information content (AvgIpc) is 2.24. The van der Waals surface area contributed by atoms with Gasteiger partial charge < -0.3 is 10.4 Å². The number of hydrogen-bond donors (Lipinski definition) is 2. The number of carboxylic acids is 1. The van der Waals surface area contributed by atoms with E-state index in [0.29, 0.717) is 12.5 Å². The lowest BCUT2D eigenvalue weighted by Gasteiger charge is -2.14. The Labute approximate surface area is 98.2 Å². The van der Waals surface area contributed by atoms with Gasteiger partial charge in [0.05, 0.1) is 5.92 Å². The number of hydrogen-bond acceptors (Lipinski definition) is 2. The van der Waals surface area contributed by atoms with Gasteiger partial charge in [-0.2, -0.15) is 0 Å². The van der Waals surface area contributed by atoms with Crippen molar-refractivity contribution in [2.24, 2.45) is 11.8 Å². The largest absolute Gasteiger partial charge is 0.481 e. The van der Waals surface area contributed by atoms with Crippen LogP contribution in [-0.2, 0) is 4.79 Å². The molecule has 0 aliphatic heterocycles. The van der Waals surface area contributed by atoms with Crippen molar-refractivity contribution in [2.75, 3.05) is 13.1 Å². The molecule has 16 heavy (non-hydrogen) atoms. The van der Waals surface area contributed by atoms with E-state index in [1.807, 2.05) is 12.2 Å². The molecule has 0 radical (unpaired) electrons. The van der Waals surface area contributed by atoms with Crippen LogP contribution in [0.3, 0.4) is 0 Å². The third-order valence-electron chi connectivity index (χ3n) is 2.60. The molecular formula is C13H23NO2. The number of aliphatic carboxylic acids is 1. The quantitative estimate of drug-likeness (QED) is 0.443. The normalized spacial score (nSPS) is 12.4. The Morgan fingerprint density at radius 3 is 2.38 bits per heavy atom. The lowest BCUT2D eigenvalue weighted by Crippen LogP contribution is -2.27. The lowest BCUT2D eigenvalue weighted by atomic mass is 9.97. The predicted octanol–water partition coefficient (Wildman–Crippen LogP) is 2.46. The van der Waals surface area contributed by atoms with Crippen molar-refractivity contribution in [3.05, 3.63) is 25.3 Å². The second kappa shape index (κ2) is 9.16. The molecule has 0 spiro atoms. The van der Waals surface area contributed by atoms with Crippen molar-refractivity contribution in [1.82, 2.24) is 5.32 Å². The molecular weight excluding hydrogens is 202 g/mol. The second-order valence-electron chi connectivity index (χ2n) is 4.15. The summed E-state index contributed by atoms with van der Waals surface area (Å²) in [5, 5.41) is 11.9. The molecule has 0 heterocycles. The highest BCUT2D eigenvalue weighted by atomic mass is 16.4. The first-order chi connectivity index (χ1) is 7.61. The molecule has 0 amide bonds. The summed E-state index contributed by atoms with van der Waals surface area (Å²) < 4.78 is 0. The molecule has 92 valence electrons. The number of nitrogens with one attached hydrogen (secondary N) is 1. The van der Waals surface area contributed by atoms with Gasteiger partial charge in [-0.1, -0.05) is 19.1 Å². The topological polar surface area (TPSA) is 49.3 Å². The molecule has 1 atom stereocenters. The van der Waals surface area contributed by atoms with E-state index >= 15 is 0 Å². The highest BCUT2D eigenvalue weighted by Crippen LogP contribution is 2.13. The van der Waals surface area contributed by atoms with Crippen LogP contribution in [0.4, 0.5) is 0 Å². The van der Waals surface area contributed by atoms with E-state index in [1.165, 1.54) is 0 Å². The first kappa shape index (κ1) is 14.9. The van der Waals surface area contributed by atoms with Gasteiger partial charge in [-0.3, -0.25) is 4.79 Å². The summed E-state index contributed by atoms with van der Waals surface area (Å²) in [6.45, 7) is 10.6. The SMILES string of the molecule is C=CCC(CC=C)CCNCC(C)C(=O)O. The number of carbonyl (C=O) groups is 1. The van der Waals surface area contributed by atoms with E-state index in [9.17, 15) is 4.79 Å². The Kier molecular flexibility index (Phi) is 8.53. The van der Waals surface area contributed by atoms with Gasteiger partial charge in [-0.15, -0.1) is 13.2 Å². The maximum Gasteiger partial charge on any atom is 0.307 e. The van der Waals surface area contributed by atoms with Crippen molar-refractivity contribution < 1.29 is 9.90 Å². The summed E-state index contributed by atoms with van der Waals surface area (Å²) in [7, 11) is 0. The van der Waals surface area contributed by atoms with Gasteiger partial charge in [0.15, 0.2) is 0 Å². The molecule has 0 aromatic rings. The van der Waals surface area contributed by atoms with Crippen LogP contribution in [-0.4, -0.2) is 24.2 Å². The Morgan fingerprint density at radius 2 is 1.94 bits per heavy atom. The average molecular weight is 225 g/mol. The smallest absolute Gasteiger partial charge is 0.307 e. The first-order valence-electron chi connectivity index (χ1n) is 5.77. The monoisotopic (exact) mass is 225 g/mol. The van der Waals surface area contributed by atoms with E-state index in [1.54, 1.807) is 6.92 Å². The van der Waals surface area contributed by atoms with E-state index in [4.69, 9.17) is 5.11 Å². The second-order valence-corrected chi connectivity index (χ2v) is 4.15. The predicted molar refractivity (Wildman–Crippen MR) is 67.4 cm³/mol. The van der Waals surface area contributed by atoms with Crippen LogP contribution in [0.1, 0.15) is 26.2 Å². The Morgan fingerprint density at radius 1 is 1.38 bits per heavy atom. The molecule has 0 aromatic heterocycles. The van der Waals surface area contributed by atoms with Crippen molar-refractivity contribution in [3.63, 3.8) is 0 Å². The molecule has 3 heteroatoms. The zero-order valence-corrected chi connectivity index (χ0v) is 10.1. The lowest BCUT2D eigenvalue weighted by molar-refractivity contribution is -0.140. The van der Waals surface area contributed by atoms with Crippen molar-refractivity contribution >= 4 is 5.97 Å². The summed E-state index contributed by atoms with van der Waals surface area (Å²) >= 11 is 0. The summed E-state index contributed by atoms with van der Waals surface area (Å²) in [6.07, 6.45) is 6.86. The van der Waals surface area contributed by atoms with Crippen LogP contribution in [0.25, 0.3) is 0 Å². The van der Waals surface area contributed by atoms with Crippen molar-refractivity contribution in [2.45, 2.75) is 26.2 Å². The minimum absolute atomic E-state index is 0.322.